The zero-order valence-electron chi connectivity index (χ0n) is 11.9. The lowest BCUT2D eigenvalue weighted by Gasteiger charge is -2.30. The number of ether oxygens (including phenoxy) is 1. The molecule has 0 spiro atoms. The van der Waals surface area contributed by atoms with Crippen LogP contribution in [-0.2, 0) is 10.0 Å². The molecule has 1 aromatic rings. The Kier molecular flexibility index (Phi) is 6.93. The van der Waals surface area contributed by atoms with Crippen molar-refractivity contribution in [3.05, 3.63) is 22.7 Å². The first-order valence-electron chi connectivity index (χ1n) is 6.53. The zero-order valence-corrected chi connectivity index (χ0v) is 15.1. The second kappa shape index (κ2) is 7.78. The molecule has 0 bridgehead atoms. The fourth-order valence-electron chi connectivity index (χ4n) is 2.29. The minimum Gasteiger partial charge on any atom is -0.496 e. The molecule has 120 valence electrons. The highest BCUT2D eigenvalue weighted by Gasteiger charge is 2.26. The van der Waals surface area contributed by atoms with Crippen LogP contribution in [0.15, 0.2) is 27.6 Å². The number of methoxy groups -OCH3 is 1. The minimum absolute atomic E-state index is 0. The summed E-state index contributed by atoms with van der Waals surface area (Å²) in [6.45, 7) is 2.93. The zero-order chi connectivity index (χ0) is 14.8. The fraction of sp³-hybridized carbons (Fsp3) is 0.538. The Morgan fingerprint density at radius 2 is 2.14 bits per heavy atom. The minimum atomic E-state index is -3.52. The number of sulfonamides is 1. The predicted octanol–water partition coefficient (Wildman–Crippen LogP) is 2.30. The van der Waals surface area contributed by atoms with Crippen molar-refractivity contribution in [2.45, 2.75) is 36.7 Å². The van der Waals surface area contributed by atoms with Gasteiger partial charge in [0.2, 0.25) is 10.0 Å². The quantitative estimate of drug-likeness (QED) is 0.815. The molecule has 1 aliphatic rings. The van der Waals surface area contributed by atoms with Crippen LogP contribution in [0.3, 0.4) is 0 Å². The summed E-state index contributed by atoms with van der Waals surface area (Å²) < 4.78 is 33.3. The summed E-state index contributed by atoms with van der Waals surface area (Å²) in [5.41, 5.74) is 0. The Morgan fingerprint density at radius 3 is 2.71 bits per heavy atom. The van der Waals surface area contributed by atoms with Crippen molar-refractivity contribution in [1.82, 2.24) is 10.0 Å². The summed E-state index contributed by atoms with van der Waals surface area (Å²) in [7, 11) is -1.97. The summed E-state index contributed by atoms with van der Waals surface area (Å²) in [4.78, 5) is 0.239. The molecular formula is C13H20BrClN2O3S. The van der Waals surface area contributed by atoms with E-state index in [0.717, 1.165) is 19.4 Å². The van der Waals surface area contributed by atoms with Gasteiger partial charge in [0, 0.05) is 12.1 Å². The van der Waals surface area contributed by atoms with E-state index in [1.165, 1.54) is 0 Å². The molecule has 1 aliphatic heterocycles. The van der Waals surface area contributed by atoms with E-state index < -0.39 is 10.0 Å². The molecule has 5 nitrogen and oxygen atoms in total. The molecule has 2 unspecified atom stereocenters. The van der Waals surface area contributed by atoms with Crippen LogP contribution in [0, 0.1) is 0 Å². The third-order valence-corrected chi connectivity index (χ3v) is 5.61. The standard InChI is InChI=1S/C13H19BrN2O3S.ClH/c1-9-12(4-3-7-15-9)16-20(17,18)10-5-6-13(19-2)11(14)8-10;/h5-6,8-9,12,15-16H,3-4,7H2,1-2H3;1H. The maximum atomic E-state index is 12.4. The summed E-state index contributed by atoms with van der Waals surface area (Å²) in [6.07, 6.45) is 1.83. The smallest absolute Gasteiger partial charge is 0.240 e. The van der Waals surface area contributed by atoms with Crippen molar-refractivity contribution in [3.63, 3.8) is 0 Å². The topological polar surface area (TPSA) is 67.4 Å². The Hall–Kier alpha value is -0.340. The van der Waals surface area contributed by atoms with Crippen LogP contribution in [-0.4, -0.2) is 34.2 Å². The van der Waals surface area contributed by atoms with E-state index in [9.17, 15) is 8.42 Å². The van der Waals surface area contributed by atoms with Crippen LogP contribution in [0.1, 0.15) is 19.8 Å². The molecule has 8 heteroatoms. The number of rotatable bonds is 4. The van der Waals surface area contributed by atoms with E-state index in [0.29, 0.717) is 10.2 Å². The molecule has 0 radical (unpaired) electrons. The van der Waals surface area contributed by atoms with Gasteiger partial charge in [0.25, 0.3) is 0 Å². The van der Waals surface area contributed by atoms with Gasteiger partial charge in [-0.1, -0.05) is 0 Å². The summed E-state index contributed by atoms with van der Waals surface area (Å²) in [5.74, 6) is 0.608. The Morgan fingerprint density at radius 1 is 1.43 bits per heavy atom. The second-order valence-corrected chi connectivity index (χ2v) is 7.48. The molecule has 21 heavy (non-hydrogen) atoms. The van der Waals surface area contributed by atoms with Crippen molar-refractivity contribution in [3.8, 4) is 5.75 Å². The van der Waals surface area contributed by atoms with Crippen LogP contribution in [0.2, 0.25) is 0 Å². The molecule has 0 saturated carbocycles. The highest BCUT2D eigenvalue weighted by atomic mass is 79.9. The average Bonchev–Trinajstić information content (AvgIpc) is 2.41. The van der Waals surface area contributed by atoms with E-state index in [4.69, 9.17) is 4.74 Å². The molecule has 2 N–H and O–H groups in total. The van der Waals surface area contributed by atoms with Gasteiger partial charge >= 0.3 is 0 Å². The van der Waals surface area contributed by atoms with Crippen molar-refractivity contribution in [1.29, 1.82) is 0 Å². The molecule has 1 saturated heterocycles. The van der Waals surface area contributed by atoms with Crippen LogP contribution in [0.25, 0.3) is 0 Å². The Bertz CT molecular complexity index is 583. The maximum absolute atomic E-state index is 12.4. The number of hydrogen-bond donors (Lipinski definition) is 2. The van der Waals surface area contributed by atoms with Crippen molar-refractivity contribution >= 4 is 38.4 Å². The molecule has 0 amide bonds. The van der Waals surface area contributed by atoms with Gasteiger partial charge in [-0.15, -0.1) is 12.4 Å². The highest BCUT2D eigenvalue weighted by molar-refractivity contribution is 9.10. The van der Waals surface area contributed by atoms with Gasteiger partial charge in [0.15, 0.2) is 0 Å². The molecule has 2 rings (SSSR count). The molecule has 0 aliphatic carbocycles. The lowest BCUT2D eigenvalue weighted by molar-refractivity contribution is 0.349. The van der Waals surface area contributed by atoms with Gasteiger partial charge in [-0.2, -0.15) is 0 Å². The van der Waals surface area contributed by atoms with Crippen molar-refractivity contribution < 1.29 is 13.2 Å². The Labute approximate surface area is 140 Å². The SMILES string of the molecule is COc1ccc(S(=O)(=O)NC2CCCNC2C)cc1Br.Cl. The van der Waals surface area contributed by atoms with E-state index in [2.05, 4.69) is 26.0 Å². The van der Waals surface area contributed by atoms with Gasteiger partial charge in [-0.3, -0.25) is 0 Å². The third-order valence-electron chi connectivity index (χ3n) is 3.50. The van der Waals surface area contributed by atoms with Gasteiger partial charge < -0.3 is 10.1 Å². The van der Waals surface area contributed by atoms with Gasteiger partial charge in [0.05, 0.1) is 16.5 Å². The highest BCUT2D eigenvalue weighted by Crippen LogP contribution is 2.27. The lowest BCUT2D eigenvalue weighted by atomic mass is 10.0. The number of nitrogens with one attached hydrogen (secondary N) is 2. The molecule has 1 aromatic carbocycles. The first-order chi connectivity index (χ1) is 9.44. The van der Waals surface area contributed by atoms with Gasteiger partial charge in [-0.25, -0.2) is 13.1 Å². The number of benzene rings is 1. The van der Waals surface area contributed by atoms with E-state index in [-0.39, 0.29) is 29.4 Å². The summed E-state index contributed by atoms with van der Waals surface area (Å²) in [6, 6.07) is 4.81. The second-order valence-electron chi connectivity index (χ2n) is 4.91. The van der Waals surface area contributed by atoms with Gasteiger partial charge in [-0.05, 0) is 60.4 Å². The molecule has 0 aromatic heterocycles. The largest absolute Gasteiger partial charge is 0.496 e. The third kappa shape index (κ3) is 4.56. The number of piperidine rings is 1. The normalized spacial score (nSPS) is 22.4. The number of halogens is 2. The van der Waals surface area contributed by atoms with Crippen molar-refractivity contribution in [2.24, 2.45) is 0 Å². The van der Waals surface area contributed by atoms with E-state index >= 15 is 0 Å². The van der Waals surface area contributed by atoms with E-state index in [1.54, 1.807) is 25.3 Å². The van der Waals surface area contributed by atoms with Crippen LogP contribution >= 0.6 is 28.3 Å². The molecule has 2 atom stereocenters. The Balaban J connectivity index is 0.00000220. The van der Waals surface area contributed by atoms with Crippen molar-refractivity contribution in [2.75, 3.05) is 13.7 Å². The summed E-state index contributed by atoms with van der Waals surface area (Å²) in [5, 5.41) is 3.28. The van der Waals surface area contributed by atoms with E-state index in [1.807, 2.05) is 6.92 Å². The first kappa shape index (κ1) is 18.7. The average molecular weight is 400 g/mol. The lowest BCUT2D eigenvalue weighted by Crippen LogP contribution is -2.51. The monoisotopic (exact) mass is 398 g/mol. The maximum Gasteiger partial charge on any atom is 0.240 e. The van der Waals surface area contributed by atoms with Crippen LogP contribution < -0.4 is 14.8 Å². The van der Waals surface area contributed by atoms with Gasteiger partial charge in [0.1, 0.15) is 5.75 Å². The predicted molar refractivity (Wildman–Crippen MR) is 88.8 cm³/mol. The first-order valence-corrected chi connectivity index (χ1v) is 8.81. The summed E-state index contributed by atoms with van der Waals surface area (Å²) >= 11 is 3.31. The molecule has 1 heterocycles. The fourth-order valence-corrected chi connectivity index (χ4v) is 4.36. The van der Waals surface area contributed by atoms with Crippen LogP contribution in [0.4, 0.5) is 0 Å². The number of hydrogen-bond acceptors (Lipinski definition) is 4. The molecular weight excluding hydrogens is 380 g/mol. The molecule has 1 fully saturated rings. The van der Waals surface area contributed by atoms with Crippen LogP contribution in [0.5, 0.6) is 5.75 Å².